The van der Waals surface area contributed by atoms with Gasteiger partial charge < -0.3 is 4.84 Å². The van der Waals surface area contributed by atoms with E-state index in [1.54, 1.807) is 0 Å². The summed E-state index contributed by atoms with van der Waals surface area (Å²) in [5.74, 6) is 0.133. The third kappa shape index (κ3) is 9.63. The van der Waals surface area contributed by atoms with Gasteiger partial charge in [0.15, 0.2) is 5.78 Å². The Morgan fingerprint density at radius 1 is 0.558 bits per heavy atom. The van der Waals surface area contributed by atoms with Crippen LogP contribution in [0.3, 0.4) is 0 Å². The minimum atomic E-state index is -0.349. The van der Waals surface area contributed by atoms with E-state index in [0.717, 1.165) is 22.4 Å². The molecular weight excluding hydrogens is 528 g/mol. The van der Waals surface area contributed by atoms with Gasteiger partial charge >= 0.3 is 0 Å². The quantitative estimate of drug-likeness (QED) is 0.0950. The number of rotatable bonds is 15. The van der Waals surface area contributed by atoms with Gasteiger partial charge in [0.05, 0.1) is 18.2 Å². The fourth-order valence-electron chi connectivity index (χ4n) is 5.25. The molecule has 0 spiro atoms. The first kappa shape index (κ1) is 29.7. The molecule has 0 N–H and O–H groups in total. The summed E-state index contributed by atoms with van der Waals surface area (Å²) in [5.41, 5.74) is 6.35. The van der Waals surface area contributed by atoms with Crippen LogP contribution in [0.5, 0.6) is 0 Å². The number of carbonyl (C=O) groups is 1. The van der Waals surface area contributed by atoms with Crippen molar-refractivity contribution in [1.29, 1.82) is 0 Å². The van der Waals surface area contributed by atoms with Crippen LogP contribution in [0.2, 0.25) is 0 Å². The number of hydrogen-bond donors (Lipinski definition) is 0. The standard InChI is InChI=1S/C39H38N2O2/c42-39(28-37(26-32-16-6-1-7-17-32)40-43-31-36-24-14-5-15-25-36)38(27-33-18-8-2-9-19-33)41(29-34-20-10-3-11-21-34)30-35-22-12-4-13-23-35/h1-25,38H,26-31H2/b40-37-/t38-/m0/s1. The maximum atomic E-state index is 14.4. The number of ketones is 1. The molecule has 216 valence electrons. The topological polar surface area (TPSA) is 41.9 Å². The largest absolute Gasteiger partial charge is 0.391 e. The van der Waals surface area contributed by atoms with Gasteiger partial charge in [-0.15, -0.1) is 0 Å². The van der Waals surface area contributed by atoms with Crippen molar-refractivity contribution in [1.82, 2.24) is 4.90 Å². The molecular formula is C39H38N2O2. The molecule has 0 aliphatic rings. The van der Waals surface area contributed by atoms with Crippen molar-refractivity contribution in [3.8, 4) is 0 Å². The molecule has 0 saturated heterocycles. The molecule has 0 fully saturated rings. The zero-order valence-electron chi connectivity index (χ0n) is 24.5. The van der Waals surface area contributed by atoms with Crippen LogP contribution in [-0.2, 0) is 42.2 Å². The summed E-state index contributed by atoms with van der Waals surface area (Å²) in [5, 5.41) is 4.55. The maximum absolute atomic E-state index is 14.4. The van der Waals surface area contributed by atoms with Crippen LogP contribution >= 0.6 is 0 Å². The van der Waals surface area contributed by atoms with E-state index >= 15 is 0 Å². The van der Waals surface area contributed by atoms with Crippen molar-refractivity contribution in [2.75, 3.05) is 0 Å². The lowest BCUT2D eigenvalue weighted by atomic mass is 9.94. The van der Waals surface area contributed by atoms with Crippen molar-refractivity contribution >= 4 is 11.5 Å². The first-order valence-corrected chi connectivity index (χ1v) is 14.9. The first-order valence-electron chi connectivity index (χ1n) is 14.9. The Labute approximate surface area is 255 Å². The Bertz CT molecular complexity index is 1500. The summed E-state index contributed by atoms with van der Waals surface area (Å²) in [6.45, 7) is 1.68. The third-order valence-corrected chi connectivity index (χ3v) is 7.44. The molecule has 0 aliphatic carbocycles. The Morgan fingerprint density at radius 3 is 1.47 bits per heavy atom. The molecule has 0 saturated carbocycles. The van der Waals surface area contributed by atoms with Crippen LogP contribution in [0.15, 0.2) is 157 Å². The van der Waals surface area contributed by atoms with Gasteiger partial charge in [-0.1, -0.05) is 157 Å². The Hall–Kier alpha value is -4.80. The average Bonchev–Trinajstić information content (AvgIpc) is 3.06. The summed E-state index contributed by atoms with van der Waals surface area (Å²) < 4.78 is 0. The van der Waals surface area contributed by atoms with Crippen LogP contribution < -0.4 is 0 Å². The van der Waals surface area contributed by atoms with Crippen LogP contribution in [0.4, 0.5) is 0 Å². The molecule has 5 rings (SSSR count). The number of Topliss-reactive ketones (excluding diaryl/α,β-unsaturated/α-hetero) is 1. The highest BCUT2D eigenvalue weighted by atomic mass is 16.6. The van der Waals surface area contributed by atoms with Crippen molar-refractivity contribution in [3.05, 3.63) is 179 Å². The van der Waals surface area contributed by atoms with Crippen molar-refractivity contribution in [2.24, 2.45) is 5.16 Å². The summed E-state index contributed by atoms with van der Waals surface area (Å²) in [6.07, 6.45) is 1.38. The molecule has 0 bridgehead atoms. The van der Waals surface area contributed by atoms with E-state index in [-0.39, 0.29) is 18.2 Å². The van der Waals surface area contributed by atoms with Crippen molar-refractivity contribution < 1.29 is 9.63 Å². The number of carbonyl (C=O) groups excluding carboxylic acids is 1. The van der Waals surface area contributed by atoms with Gasteiger partial charge in [-0.3, -0.25) is 9.69 Å². The molecule has 0 aliphatic heterocycles. The lowest BCUT2D eigenvalue weighted by Crippen LogP contribution is -2.43. The van der Waals surface area contributed by atoms with E-state index in [2.05, 4.69) is 82.9 Å². The lowest BCUT2D eigenvalue weighted by Gasteiger charge is -2.31. The van der Waals surface area contributed by atoms with E-state index in [1.807, 2.05) is 78.9 Å². The molecule has 4 nitrogen and oxygen atoms in total. The molecule has 5 aromatic rings. The second kappa shape index (κ2) is 16.0. The highest BCUT2D eigenvalue weighted by Crippen LogP contribution is 2.20. The summed E-state index contributed by atoms with van der Waals surface area (Å²) in [4.78, 5) is 22.6. The molecule has 1 atom stereocenters. The molecule has 0 unspecified atom stereocenters. The van der Waals surface area contributed by atoms with Gasteiger partial charge in [0.25, 0.3) is 0 Å². The molecule has 4 heteroatoms. The molecule has 0 amide bonds. The lowest BCUT2D eigenvalue weighted by molar-refractivity contribution is -0.123. The Balaban J connectivity index is 1.43. The van der Waals surface area contributed by atoms with Crippen LogP contribution in [0.25, 0.3) is 0 Å². The summed E-state index contributed by atoms with van der Waals surface area (Å²) in [6, 6.07) is 50.9. The predicted octanol–water partition coefficient (Wildman–Crippen LogP) is 8.07. The van der Waals surface area contributed by atoms with Crippen molar-refractivity contribution in [3.63, 3.8) is 0 Å². The van der Waals surface area contributed by atoms with E-state index in [4.69, 9.17) is 4.84 Å². The second-order valence-corrected chi connectivity index (χ2v) is 10.8. The zero-order valence-corrected chi connectivity index (χ0v) is 24.5. The van der Waals surface area contributed by atoms with Gasteiger partial charge in [0.1, 0.15) is 6.61 Å². The Kier molecular flexibility index (Phi) is 11.0. The molecule has 0 heterocycles. The minimum absolute atomic E-state index is 0.133. The smallest absolute Gasteiger partial charge is 0.156 e. The predicted molar refractivity (Wildman–Crippen MR) is 175 cm³/mol. The SMILES string of the molecule is O=C(C/C(Cc1ccccc1)=N\OCc1ccccc1)[C@H](Cc1ccccc1)N(Cc1ccccc1)Cc1ccccc1. The van der Waals surface area contributed by atoms with Gasteiger partial charge in [0.2, 0.25) is 0 Å². The van der Waals surface area contributed by atoms with Crippen LogP contribution in [0, 0.1) is 0 Å². The van der Waals surface area contributed by atoms with Crippen molar-refractivity contribution in [2.45, 2.75) is 45.0 Å². The monoisotopic (exact) mass is 566 g/mol. The number of benzene rings is 5. The maximum Gasteiger partial charge on any atom is 0.156 e. The first-order chi connectivity index (χ1) is 21.2. The van der Waals surface area contributed by atoms with E-state index < -0.39 is 0 Å². The third-order valence-electron chi connectivity index (χ3n) is 7.44. The Morgan fingerprint density at radius 2 is 0.977 bits per heavy atom. The van der Waals surface area contributed by atoms with Gasteiger partial charge in [-0.2, -0.15) is 0 Å². The van der Waals surface area contributed by atoms with Gasteiger partial charge in [0, 0.05) is 19.5 Å². The van der Waals surface area contributed by atoms with E-state index in [9.17, 15) is 4.79 Å². The number of oxime groups is 1. The molecule has 0 radical (unpaired) electrons. The second-order valence-electron chi connectivity index (χ2n) is 10.8. The van der Waals surface area contributed by atoms with E-state index in [0.29, 0.717) is 32.5 Å². The van der Waals surface area contributed by atoms with Gasteiger partial charge in [-0.05, 0) is 34.2 Å². The molecule has 43 heavy (non-hydrogen) atoms. The summed E-state index contributed by atoms with van der Waals surface area (Å²) in [7, 11) is 0. The fraction of sp³-hybridized carbons (Fsp3) is 0.179. The van der Waals surface area contributed by atoms with Crippen LogP contribution in [-0.4, -0.2) is 22.4 Å². The number of hydrogen-bond acceptors (Lipinski definition) is 4. The van der Waals surface area contributed by atoms with E-state index in [1.165, 1.54) is 11.1 Å². The number of nitrogens with zero attached hydrogens (tertiary/aromatic N) is 2. The average molecular weight is 567 g/mol. The summed E-state index contributed by atoms with van der Waals surface area (Å²) >= 11 is 0. The van der Waals surface area contributed by atoms with Crippen LogP contribution in [0.1, 0.15) is 34.2 Å². The molecule has 0 aromatic heterocycles. The minimum Gasteiger partial charge on any atom is -0.391 e. The highest BCUT2D eigenvalue weighted by Gasteiger charge is 2.28. The fourth-order valence-corrected chi connectivity index (χ4v) is 5.25. The highest BCUT2D eigenvalue weighted by molar-refractivity contribution is 6.04. The molecule has 5 aromatic carbocycles. The normalized spacial score (nSPS) is 12.2. The van der Waals surface area contributed by atoms with Gasteiger partial charge in [-0.25, -0.2) is 0 Å². The zero-order chi connectivity index (χ0) is 29.5.